The minimum absolute atomic E-state index is 0.0427. The van der Waals surface area contributed by atoms with Gasteiger partial charge >= 0.3 is 0 Å². The lowest BCUT2D eigenvalue weighted by Gasteiger charge is -2.49. The number of anilines is 2. The Morgan fingerprint density at radius 2 is 1.59 bits per heavy atom. The van der Waals surface area contributed by atoms with Gasteiger partial charge in [0.25, 0.3) is 0 Å². The van der Waals surface area contributed by atoms with Gasteiger partial charge in [-0.2, -0.15) is 0 Å². The molecule has 2 saturated heterocycles. The molecule has 2 heterocycles. The van der Waals surface area contributed by atoms with Crippen molar-refractivity contribution in [3.8, 4) is 11.5 Å². The van der Waals surface area contributed by atoms with Crippen molar-refractivity contribution in [1.82, 2.24) is 0 Å². The number of phenols is 1. The first kappa shape index (κ1) is 28.8. The van der Waals surface area contributed by atoms with Crippen LogP contribution in [0.15, 0.2) is 82.9 Å². The number of amides is 4. The van der Waals surface area contributed by atoms with E-state index in [0.29, 0.717) is 23.4 Å². The number of carbonyl (C=O) groups excluding carboxylic acids is 4. The number of benzene rings is 3. The van der Waals surface area contributed by atoms with Crippen molar-refractivity contribution in [2.75, 3.05) is 16.9 Å². The summed E-state index contributed by atoms with van der Waals surface area (Å²) < 4.78 is 6.25. The Morgan fingerprint density at radius 1 is 0.909 bits per heavy atom. The van der Waals surface area contributed by atoms with Gasteiger partial charge in [-0.05, 0) is 79.8 Å². The molecule has 4 aliphatic rings. The number of imide groups is 2. The highest BCUT2D eigenvalue weighted by molar-refractivity contribution is 9.10. The van der Waals surface area contributed by atoms with Gasteiger partial charge in [-0.15, -0.1) is 0 Å². The van der Waals surface area contributed by atoms with E-state index >= 15 is 0 Å². The van der Waals surface area contributed by atoms with Gasteiger partial charge in [0.15, 0.2) is 11.5 Å². The molecular formula is C34H28BrClN2O6. The van der Waals surface area contributed by atoms with Gasteiger partial charge < -0.3 is 9.84 Å². The topological polar surface area (TPSA) is 104 Å². The van der Waals surface area contributed by atoms with Crippen molar-refractivity contribution in [3.05, 3.63) is 93.4 Å². The van der Waals surface area contributed by atoms with Gasteiger partial charge in [-0.3, -0.25) is 24.1 Å². The monoisotopic (exact) mass is 674 g/mol. The molecular weight excluding hydrogens is 648 g/mol. The maximum absolute atomic E-state index is 14.5. The van der Waals surface area contributed by atoms with E-state index in [-0.39, 0.29) is 46.6 Å². The third kappa shape index (κ3) is 3.95. The Balaban J connectivity index is 1.39. The highest BCUT2D eigenvalue weighted by Gasteiger charge is 2.67. The third-order valence-corrected chi connectivity index (χ3v) is 10.8. The van der Waals surface area contributed by atoms with E-state index in [1.807, 2.05) is 12.1 Å². The number of rotatable bonds is 4. The second-order valence-corrected chi connectivity index (χ2v) is 13.4. The summed E-state index contributed by atoms with van der Waals surface area (Å²) in [7, 11) is 1.41. The molecule has 3 aromatic rings. The predicted molar refractivity (Wildman–Crippen MR) is 167 cm³/mol. The molecule has 224 valence electrons. The van der Waals surface area contributed by atoms with Crippen molar-refractivity contribution >= 4 is 62.5 Å². The number of nitrogens with zero attached hydrogens (tertiary/aromatic N) is 2. The zero-order valence-electron chi connectivity index (χ0n) is 23.9. The summed E-state index contributed by atoms with van der Waals surface area (Å²) in [4.78, 5) is 59.1. The zero-order chi connectivity index (χ0) is 31.1. The molecule has 6 atom stereocenters. The fourth-order valence-corrected chi connectivity index (χ4v) is 8.46. The SMILES string of the molecule is COc1cc([C@H]2C3=CC[C@@H]4C(=O)N(c5ccc(Br)cc5)C(=O)[C@@H]4[C@@H]3C[C@H]3C(=O)N(c4ccccc4)C(=O)[C@@]23C)cc(Cl)c1O. The predicted octanol–water partition coefficient (Wildman–Crippen LogP) is 6.25. The molecule has 1 saturated carbocycles. The van der Waals surface area contributed by atoms with E-state index in [0.717, 1.165) is 10.0 Å². The van der Waals surface area contributed by atoms with E-state index < -0.39 is 35.0 Å². The second kappa shape index (κ2) is 10.3. The van der Waals surface area contributed by atoms with Crippen LogP contribution in [-0.2, 0) is 19.2 Å². The van der Waals surface area contributed by atoms with Crippen LogP contribution in [0.3, 0.4) is 0 Å². The zero-order valence-corrected chi connectivity index (χ0v) is 26.2. The standard InChI is InChI=1S/C34H28BrClN2O6/c1-34-24(31(41)38(33(34)43)19-6-4-3-5-7-19)16-23-21(28(34)17-14-25(36)29(39)26(15-17)44-2)12-13-22-27(23)32(42)37(30(22)40)20-10-8-18(35)9-11-20/h3-12,14-15,22-24,27-28,39H,13,16H2,1-2H3/t22-,23+,24-,27-,28-,34+/m0/s1. The average Bonchev–Trinajstić information content (AvgIpc) is 3.39. The van der Waals surface area contributed by atoms with Crippen molar-refractivity contribution in [2.24, 2.45) is 29.1 Å². The van der Waals surface area contributed by atoms with E-state index in [4.69, 9.17) is 16.3 Å². The maximum atomic E-state index is 14.5. The van der Waals surface area contributed by atoms with Crippen molar-refractivity contribution < 1.29 is 29.0 Å². The van der Waals surface area contributed by atoms with Gasteiger partial charge in [0.05, 0.1) is 46.7 Å². The number of ether oxygens (including phenoxy) is 1. The summed E-state index contributed by atoms with van der Waals surface area (Å²) in [6.07, 6.45) is 2.54. The summed E-state index contributed by atoms with van der Waals surface area (Å²) in [5.74, 6) is -4.55. The summed E-state index contributed by atoms with van der Waals surface area (Å²) in [6.45, 7) is 1.80. The van der Waals surface area contributed by atoms with E-state index in [1.54, 1.807) is 67.6 Å². The van der Waals surface area contributed by atoms with E-state index in [9.17, 15) is 24.3 Å². The number of carbonyl (C=O) groups is 4. The number of para-hydroxylation sites is 1. The number of fused-ring (bicyclic) bond motifs is 4. The van der Waals surface area contributed by atoms with Crippen LogP contribution in [-0.4, -0.2) is 35.8 Å². The van der Waals surface area contributed by atoms with Crippen molar-refractivity contribution in [2.45, 2.75) is 25.7 Å². The summed E-state index contributed by atoms with van der Waals surface area (Å²) in [6, 6.07) is 19.1. The molecule has 2 aliphatic carbocycles. The number of halogens is 2. The Hall–Kier alpha value is -3.95. The molecule has 44 heavy (non-hydrogen) atoms. The highest BCUT2D eigenvalue weighted by Crippen LogP contribution is 2.64. The van der Waals surface area contributed by atoms with Crippen LogP contribution in [0.2, 0.25) is 5.02 Å². The first-order chi connectivity index (χ1) is 21.1. The molecule has 0 unspecified atom stereocenters. The molecule has 4 amide bonds. The Bertz CT molecular complexity index is 1780. The second-order valence-electron chi connectivity index (χ2n) is 12.0. The van der Waals surface area contributed by atoms with Crippen LogP contribution in [0.5, 0.6) is 11.5 Å². The molecule has 10 heteroatoms. The van der Waals surface area contributed by atoms with Crippen LogP contribution in [0.1, 0.15) is 31.2 Å². The van der Waals surface area contributed by atoms with Gasteiger partial charge in [0, 0.05) is 10.4 Å². The van der Waals surface area contributed by atoms with Crippen LogP contribution >= 0.6 is 27.5 Å². The minimum atomic E-state index is -1.23. The van der Waals surface area contributed by atoms with E-state index in [1.165, 1.54) is 16.9 Å². The largest absolute Gasteiger partial charge is 0.503 e. The molecule has 0 spiro atoms. The minimum Gasteiger partial charge on any atom is -0.503 e. The first-order valence-electron chi connectivity index (χ1n) is 14.4. The average molecular weight is 676 g/mol. The Kier molecular flexibility index (Phi) is 6.75. The number of hydrogen-bond acceptors (Lipinski definition) is 6. The maximum Gasteiger partial charge on any atom is 0.241 e. The molecule has 0 bridgehead atoms. The van der Waals surface area contributed by atoms with Crippen LogP contribution in [0.25, 0.3) is 0 Å². The summed E-state index contributed by atoms with van der Waals surface area (Å²) in [5, 5.41) is 10.6. The molecule has 7 rings (SSSR count). The lowest BCUT2D eigenvalue weighted by atomic mass is 9.51. The lowest BCUT2D eigenvalue weighted by Crippen LogP contribution is -2.48. The van der Waals surface area contributed by atoms with Crippen LogP contribution < -0.4 is 14.5 Å². The van der Waals surface area contributed by atoms with E-state index in [2.05, 4.69) is 15.9 Å². The van der Waals surface area contributed by atoms with Crippen molar-refractivity contribution in [3.63, 3.8) is 0 Å². The normalized spacial score (nSPS) is 29.4. The van der Waals surface area contributed by atoms with Gasteiger partial charge in [-0.25, -0.2) is 4.90 Å². The number of methoxy groups -OCH3 is 1. The number of aromatic hydroxyl groups is 1. The smallest absolute Gasteiger partial charge is 0.241 e. The molecule has 3 fully saturated rings. The fourth-order valence-electron chi connectivity index (χ4n) is 7.98. The Morgan fingerprint density at radius 3 is 2.27 bits per heavy atom. The molecule has 1 N–H and O–H groups in total. The number of hydrogen-bond donors (Lipinski definition) is 1. The Labute approximate surface area is 267 Å². The highest BCUT2D eigenvalue weighted by atomic mass is 79.9. The van der Waals surface area contributed by atoms with Crippen LogP contribution in [0.4, 0.5) is 11.4 Å². The molecule has 0 radical (unpaired) electrons. The lowest BCUT2D eigenvalue weighted by molar-refractivity contribution is -0.131. The third-order valence-electron chi connectivity index (χ3n) is 9.98. The van der Waals surface area contributed by atoms with Gasteiger partial charge in [0.1, 0.15) is 0 Å². The summed E-state index contributed by atoms with van der Waals surface area (Å²) in [5.41, 5.74) is 1.15. The fraction of sp³-hybridized carbons (Fsp3) is 0.294. The quantitative estimate of drug-likeness (QED) is 0.259. The van der Waals surface area contributed by atoms with Gasteiger partial charge in [0.2, 0.25) is 23.6 Å². The molecule has 3 aromatic carbocycles. The number of allylic oxidation sites excluding steroid dienone is 2. The first-order valence-corrected chi connectivity index (χ1v) is 15.6. The van der Waals surface area contributed by atoms with Crippen LogP contribution in [0, 0.1) is 29.1 Å². The van der Waals surface area contributed by atoms with Gasteiger partial charge in [-0.1, -0.05) is 57.4 Å². The molecule has 8 nitrogen and oxygen atoms in total. The number of phenolic OH excluding ortho intramolecular Hbond substituents is 1. The molecule has 2 aliphatic heterocycles. The molecule has 0 aromatic heterocycles. The summed E-state index contributed by atoms with van der Waals surface area (Å²) >= 11 is 9.89. The van der Waals surface area contributed by atoms with Crippen molar-refractivity contribution in [1.29, 1.82) is 0 Å².